The Morgan fingerprint density at radius 1 is 1.03 bits per heavy atom. The fourth-order valence-corrected chi connectivity index (χ4v) is 4.03. The van der Waals surface area contributed by atoms with Gasteiger partial charge in [0.2, 0.25) is 5.91 Å². The molecule has 7 nitrogen and oxygen atoms in total. The topological polar surface area (TPSA) is 82.1 Å². The molecule has 162 valence electrons. The third kappa shape index (κ3) is 5.05. The number of amides is 1. The predicted octanol–water partition coefficient (Wildman–Crippen LogP) is 3.62. The van der Waals surface area contributed by atoms with Crippen LogP contribution in [0.2, 0.25) is 0 Å². The number of benzene rings is 2. The van der Waals surface area contributed by atoms with Gasteiger partial charge in [-0.25, -0.2) is 0 Å². The van der Waals surface area contributed by atoms with Gasteiger partial charge in [-0.2, -0.15) is 8.42 Å². The van der Waals surface area contributed by atoms with Crippen molar-refractivity contribution in [3.8, 4) is 17.2 Å². The SMILES string of the molecule is COc1ccc(S(=O)(=O)Oc2cc(CN(C(=O)C(C)C)C3CC3)ccc2OC)cc1. The average molecular weight is 434 g/mol. The van der Waals surface area contributed by atoms with Crippen LogP contribution in [0.5, 0.6) is 17.2 Å². The molecular formula is C22H27NO6S. The van der Waals surface area contributed by atoms with Crippen molar-refractivity contribution >= 4 is 16.0 Å². The minimum Gasteiger partial charge on any atom is -0.497 e. The van der Waals surface area contributed by atoms with Gasteiger partial charge in [0.15, 0.2) is 11.5 Å². The van der Waals surface area contributed by atoms with E-state index in [4.69, 9.17) is 13.7 Å². The first-order valence-electron chi connectivity index (χ1n) is 9.81. The minimum absolute atomic E-state index is 0.00495. The molecule has 1 aliphatic carbocycles. The van der Waals surface area contributed by atoms with Gasteiger partial charge in [0.05, 0.1) is 14.2 Å². The lowest BCUT2D eigenvalue weighted by molar-refractivity contribution is -0.135. The molecule has 3 rings (SSSR count). The van der Waals surface area contributed by atoms with E-state index in [1.54, 1.807) is 24.3 Å². The van der Waals surface area contributed by atoms with E-state index in [1.165, 1.54) is 26.4 Å². The summed E-state index contributed by atoms with van der Waals surface area (Å²) in [6.07, 6.45) is 1.98. The smallest absolute Gasteiger partial charge is 0.339 e. The van der Waals surface area contributed by atoms with Crippen LogP contribution in [0.4, 0.5) is 0 Å². The molecule has 1 fully saturated rings. The molecule has 0 bridgehead atoms. The Kier molecular flexibility index (Phi) is 6.55. The van der Waals surface area contributed by atoms with Crippen molar-refractivity contribution in [3.05, 3.63) is 48.0 Å². The van der Waals surface area contributed by atoms with Gasteiger partial charge in [0, 0.05) is 18.5 Å². The molecule has 1 aliphatic rings. The maximum atomic E-state index is 12.7. The average Bonchev–Trinajstić information content (AvgIpc) is 3.56. The van der Waals surface area contributed by atoms with Gasteiger partial charge >= 0.3 is 10.1 Å². The maximum absolute atomic E-state index is 12.7. The zero-order chi connectivity index (χ0) is 21.9. The molecule has 0 N–H and O–H groups in total. The van der Waals surface area contributed by atoms with Gasteiger partial charge in [0.25, 0.3) is 0 Å². The summed E-state index contributed by atoms with van der Waals surface area (Å²) in [5.74, 6) is 0.905. The van der Waals surface area contributed by atoms with Gasteiger partial charge in [-0.1, -0.05) is 19.9 Å². The summed E-state index contributed by atoms with van der Waals surface area (Å²) < 4.78 is 41.2. The molecule has 2 aromatic rings. The third-order valence-corrected chi connectivity index (χ3v) is 6.14. The van der Waals surface area contributed by atoms with Crippen molar-refractivity contribution in [1.29, 1.82) is 0 Å². The third-order valence-electron chi connectivity index (χ3n) is 4.89. The van der Waals surface area contributed by atoms with Crippen LogP contribution in [-0.2, 0) is 21.5 Å². The standard InChI is InChI=1S/C22H27NO6S/c1-15(2)22(24)23(17-6-7-17)14-16-5-12-20(28-4)21(13-16)29-30(25,26)19-10-8-18(27-3)9-11-19/h5,8-13,15,17H,6-7,14H2,1-4H3. The molecule has 0 unspecified atom stereocenters. The van der Waals surface area contributed by atoms with Gasteiger partial charge in [-0.3, -0.25) is 4.79 Å². The molecular weight excluding hydrogens is 406 g/mol. The Morgan fingerprint density at radius 3 is 2.23 bits per heavy atom. The maximum Gasteiger partial charge on any atom is 0.339 e. The fourth-order valence-electron chi connectivity index (χ4n) is 3.09. The molecule has 0 atom stereocenters. The zero-order valence-electron chi connectivity index (χ0n) is 17.6. The molecule has 1 amide bonds. The number of carbonyl (C=O) groups is 1. The molecule has 0 spiro atoms. The Bertz CT molecular complexity index is 997. The molecule has 2 aromatic carbocycles. The van der Waals surface area contributed by atoms with Crippen LogP contribution in [0.15, 0.2) is 47.4 Å². The quantitative estimate of drug-likeness (QED) is 0.562. The second-order valence-electron chi connectivity index (χ2n) is 7.55. The first-order chi connectivity index (χ1) is 14.2. The van der Waals surface area contributed by atoms with Crippen LogP contribution in [0.1, 0.15) is 32.3 Å². The molecule has 0 aromatic heterocycles. The van der Waals surface area contributed by atoms with E-state index in [0.29, 0.717) is 18.0 Å². The zero-order valence-corrected chi connectivity index (χ0v) is 18.4. The summed E-state index contributed by atoms with van der Waals surface area (Å²) in [4.78, 5) is 14.4. The summed E-state index contributed by atoms with van der Waals surface area (Å²) >= 11 is 0. The van der Waals surface area contributed by atoms with Crippen molar-refractivity contribution in [1.82, 2.24) is 4.90 Å². The van der Waals surface area contributed by atoms with Crippen molar-refractivity contribution in [2.45, 2.75) is 44.2 Å². The van der Waals surface area contributed by atoms with Crippen molar-refractivity contribution in [3.63, 3.8) is 0 Å². The van der Waals surface area contributed by atoms with E-state index in [-0.39, 0.29) is 28.5 Å². The lowest BCUT2D eigenvalue weighted by atomic mass is 10.1. The summed E-state index contributed by atoms with van der Waals surface area (Å²) in [5, 5.41) is 0. The van der Waals surface area contributed by atoms with E-state index in [1.807, 2.05) is 24.8 Å². The molecule has 0 saturated heterocycles. The summed E-state index contributed by atoms with van der Waals surface area (Å²) in [5.41, 5.74) is 0.775. The van der Waals surface area contributed by atoms with E-state index in [0.717, 1.165) is 18.4 Å². The summed E-state index contributed by atoms with van der Waals surface area (Å²) in [6, 6.07) is 11.3. The number of hydrogen-bond acceptors (Lipinski definition) is 6. The van der Waals surface area contributed by atoms with Crippen LogP contribution in [-0.4, -0.2) is 39.5 Å². The van der Waals surface area contributed by atoms with E-state index >= 15 is 0 Å². The Balaban J connectivity index is 1.86. The minimum atomic E-state index is -4.07. The highest BCUT2D eigenvalue weighted by molar-refractivity contribution is 7.87. The van der Waals surface area contributed by atoms with Gasteiger partial charge in [0.1, 0.15) is 10.6 Å². The number of rotatable bonds is 9. The number of carbonyl (C=O) groups excluding carboxylic acids is 1. The number of hydrogen-bond donors (Lipinski definition) is 0. The lowest BCUT2D eigenvalue weighted by Crippen LogP contribution is -2.35. The highest BCUT2D eigenvalue weighted by atomic mass is 32.2. The monoisotopic (exact) mass is 433 g/mol. The fraction of sp³-hybridized carbons (Fsp3) is 0.409. The molecule has 0 radical (unpaired) electrons. The summed E-state index contributed by atoms with van der Waals surface area (Å²) in [6.45, 7) is 4.15. The number of methoxy groups -OCH3 is 2. The molecule has 0 heterocycles. The Hall–Kier alpha value is -2.74. The Labute approximate surface area is 177 Å². The molecule has 0 aliphatic heterocycles. The predicted molar refractivity (Wildman–Crippen MR) is 112 cm³/mol. The number of nitrogens with zero attached hydrogens (tertiary/aromatic N) is 1. The van der Waals surface area contributed by atoms with E-state index in [9.17, 15) is 13.2 Å². The van der Waals surface area contributed by atoms with Crippen LogP contribution in [0, 0.1) is 5.92 Å². The number of ether oxygens (including phenoxy) is 2. The largest absolute Gasteiger partial charge is 0.497 e. The first-order valence-corrected chi connectivity index (χ1v) is 11.2. The van der Waals surface area contributed by atoms with Crippen molar-refractivity contribution in [2.24, 2.45) is 5.92 Å². The summed E-state index contributed by atoms with van der Waals surface area (Å²) in [7, 11) is -1.12. The first kappa shape index (κ1) is 22.0. The lowest BCUT2D eigenvalue weighted by Gasteiger charge is -2.25. The van der Waals surface area contributed by atoms with Crippen LogP contribution in [0.25, 0.3) is 0 Å². The molecule has 8 heteroatoms. The highest BCUT2D eigenvalue weighted by Gasteiger charge is 2.33. The van der Waals surface area contributed by atoms with Crippen molar-refractivity contribution in [2.75, 3.05) is 14.2 Å². The van der Waals surface area contributed by atoms with Crippen molar-refractivity contribution < 1.29 is 26.9 Å². The Morgan fingerprint density at radius 2 is 1.70 bits per heavy atom. The van der Waals surface area contributed by atoms with Gasteiger partial charge in [-0.15, -0.1) is 0 Å². The van der Waals surface area contributed by atoms with Crippen LogP contribution in [0.3, 0.4) is 0 Å². The van der Waals surface area contributed by atoms with Crippen LogP contribution < -0.4 is 13.7 Å². The van der Waals surface area contributed by atoms with Gasteiger partial charge in [-0.05, 0) is 54.8 Å². The molecule has 30 heavy (non-hydrogen) atoms. The van der Waals surface area contributed by atoms with Crippen LogP contribution >= 0.6 is 0 Å². The highest BCUT2D eigenvalue weighted by Crippen LogP contribution is 2.34. The molecule has 1 saturated carbocycles. The normalized spacial score (nSPS) is 13.8. The van der Waals surface area contributed by atoms with E-state index < -0.39 is 10.1 Å². The second-order valence-corrected chi connectivity index (χ2v) is 9.10. The van der Waals surface area contributed by atoms with Gasteiger partial charge < -0.3 is 18.6 Å². The van der Waals surface area contributed by atoms with E-state index in [2.05, 4.69) is 0 Å². The second kappa shape index (κ2) is 8.95.